The lowest BCUT2D eigenvalue weighted by molar-refractivity contribution is 0.933. The minimum Gasteiger partial charge on any atom is -0.0622 e. The molecule has 18 heavy (non-hydrogen) atoms. The van der Waals surface area contributed by atoms with Gasteiger partial charge in [0.25, 0.3) is 0 Å². The monoisotopic (exact) mass is 232 g/mol. The molecule has 3 rings (SSSR count). The van der Waals surface area contributed by atoms with E-state index in [0.29, 0.717) is 5.92 Å². The van der Waals surface area contributed by atoms with Crippen LogP contribution in [0.15, 0.2) is 72.8 Å². The molecule has 0 bridgehead atoms. The van der Waals surface area contributed by atoms with E-state index in [-0.39, 0.29) is 0 Å². The van der Waals surface area contributed by atoms with Crippen LogP contribution in [0.3, 0.4) is 0 Å². The van der Waals surface area contributed by atoms with E-state index in [9.17, 15) is 0 Å². The van der Waals surface area contributed by atoms with Crippen LogP contribution in [-0.2, 0) is 0 Å². The molecule has 3 aromatic carbocycles. The Balaban J connectivity index is 2.15. The highest BCUT2D eigenvalue weighted by molar-refractivity contribution is 5.86. The molecule has 1 unspecified atom stereocenters. The predicted molar refractivity (Wildman–Crippen MR) is 77.9 cm³/mol. The number of benzene rings is 3. The van der Waals surface area contributed by atoms with Gasteiger partial charge in [0.05, 0.1) is 0 Å². The first-order valence-electron chi connectivity index (χ1n) is 6.39. The molecule has 0 heteroatoms. The van der Waals surface area contributed by atoms with Crippen molar-refractivity contribution >= 4 is 10.8 Å². The fraction of sp³-hybridized carbons (Fsp3) is 0.111. The smallest absolute Gasteiger partial charge is 0.00671 e. The highest BCUT2D eigenvalue weighted by Crippen LogP contribution is 2.30. The summed E-state index contributed by atoms with van der Waals surface area (Å²) in [7, 11) is 0. The molecular formula is C18H16. The van der Waals surface area contributed by atoms with Crippen LogP contribution < -0.4 is 0 Å². The maximum absolute atomic E-state index is 2.27. The molecule has 3 aromatic rings. The number of hydrogen-bond donors (Lipinski definition) is 0. The van der Waals surface area contributed by atoms with Crippen LogP contribution in [0.2, 0.25) is 0 Å². The van der Waals surface area contributed by atoms with Crippen molar-refractivity contribution in [1.29, 1.82) is 0 Å². The van der Waals surface area contributed by atoms with E-state index in [4.69, 9.17) is 0 Å². The fourth-order valence-electron chi connectivity index (χ4n) is 2.55. The summed E-state index contributed by atoms with van der Waals surface area (Å²) in [6, 6.07) is 25.9. The second-order valence-corrected chi connectivity index (χ2v) is 4.70. The van der Waals surface area contributed by atoms with Gasteiger partial charge in [0.15, 0.2) is 0 Å². The summed E-state index contributed by atoms with van der Waals surface area (Å²) in [6.07, 6.45) is 0. The molecule has 0 aliphatic rings. The first-order valence-corrected chi connectivity index (χ1v) is 6.39. The van der Waals surface area contributed by atoms with Gasteiger partial charge >= 0.3 is 0 Å². The zero-order valence-electron chi connectivity index (χ0n) is 10.5. The molecule has 0 saturated carbocycles. The number of rotatable bonds is 2. The molecule has 0 saturated heterocycles. The van der Waals surface area contributed by atoms with Crippen molar-refractivity contribution in [2.75, 3.05) is 0 Å². The third kappa shape index (κ3) is 1.91. The topological polar surface area (TPSA) is 0 Å². The molecule has 0 heterocycles. The van der Waals surface area contributed by atoms with Gasteiger partial charge in [0.2, 0.25) is 0 Å². The Morgan fingerprint density at radius 1 is 0.667 bits per heavy atom. The lowest BCUT2D eigenvalue weighted by Crippen LogP contribution is -1.96. The zero-order valence-corrected chi connectivity index (χ0v) is 10.5. The first-order chi connectivity index (χ1) is 8.86. The summed E-state index contributed by atoms with van der Waals surface area (Å²) >= 11 is 0. The maximum Gasteiger partial charge on any atom is 0.00671 e. The molecule has 0 aliphatic heterocycles. The van der Waals surface area contributed by atoms with E-state index in [2.05, 4.69) is 79.7 Å². The lowest BCUT2D eigenvalue weighted by atomic mass is 9.89. The zero-order chi connectivity index (χ0) is 12.4. The summed E-state index contributed by atoms with van der Waals surface area (Å²) in [5.74, 6) is 0.428. The Labute approximate surface area is 108 Å². The SMILES string of the molecule is CC(c1ccccc1)c1cccc2ccccc12. The van der Waals surface area contributed by atoms with Gasteiger partial charge < -0.3 is 0 Å². The summed E-state index contributed by atoms with van der Waals surface area (Å²) in [5.41, 5.74) is 2.77. The minimum atomic E-state index is 0.428. The Morgan fingerprint density at radius 3 is 2.17 bits per heavy atom. The molecule has 88 valence electrons. The Kier molecular flexibility index (Phi) is 2.85. The Hall–Kier alpha value is -2.08. The third-order valence-corrected chi connectivity index (χ3v) is 3.59. The summed E-state index contributed by atoms with van der Waals surface area (Å²) in [4.78, 5) is 0. The highest BCUT2D eigenvalue weighted by atomic mass is 14.1. The van der Waals surface area contributed by atoms with E-state index >= 15 is 0 Å². The van der Waals surface area contributed by atoms with Crippen LogP contribution in [0.1, 0.15) is 24.0 Å². The average Bonchev–Trinajstić information content (AvgIpc) is 2.47. The number of fused-ring (bicyclic) bond motifs is 1. The lowest BCUT2D eigenvalue weighted by Gasteiger charge is -2.15. The van der Waals surface area contributed by atoms with Crippen molar-refractivity contribution in [3.63, 3.8) is 0 Å². The maximum atomic E-state index is 2.27. The van der Waals surface area contributed by atoms with Gasteiger partial charge in [-0.1, -0.05) is 79.7 Å². The van der Waals surface area contributed by atoms with Gasteiger partial charge in [0.1, 0.15) is 0 Å². The molecular weight excluding hydrogens is 216 g/mol. The molecule has 1 atom stereocenters. The second-order valence-electron chi connectivity index (χ2n) is 4.70. The molecule has 0 aromatic heterocycles. The van der Waals surface area contributed by atoms with E-state index < -0.39 is 0 Å². The quantitative estimate of drug-likeness (QED) is 0.583. The highest BCUT2D eigenvalue weighted by Gasteiger charge is 2.10. The molecule has 0 amide bonds. The second kappa shape index (κ2) is 4.66. The van der Waals surface area contributed by atoms with E-state index in [1.807, 2.05) is 0 Å². The van der Waals surface area contributed by atoms with Crippen LogP contribution >= 0.6 is 0 Å². The Morgan fingerprint density at radius 2 is 1.33 bits per heavy atom. The third-order valence-electron chi connectivity index (χ3n) is 3.59. The molecule has 0 spiro atoms. The van der Waals surface area contributed by atoms with Crippen molar-refractivity contribution in [1.82, 2.24) is 0 Å². The number of hydrogen-bond acceptors (Lipinski definition) is 0. The van der Waals surface area contributed by atoms with Crippen LogP contribution in [0.5, 0.6) is 0 Å². The van der Waals surface area contributed by atoms with E-state index in [1.165, 1.54) is 21.9 Å². The standard InChI is InChI=1S/C18H16/c1-14(15-8-3-2-4-9-15)17-13-7-11-16-10-5-6-12-18(16)17/h2-14H,1H3. The van der Waals surface area contributed by atoms with Gasteiger partial charge in [0, 0.05) is 5.92 Å². The van der Waals surface area contributed by atoms with Gasteiger partial charge in [-0.25, -0.2) is 0 Å². The van der Waals surface area contributed by atoms with Crippen molar-refractivity contribution in [3.05, 3.63) is 83.9 Å². The van der Waals surface area contributed by atoms with Crippen molar-refractivity contribution < 1.29 is 0 Å². The van der Waals surface area contributed by atoms with Crippen molar-refractivity contribution in [3.8, 4) is 0 Å². The molecule has 0 aliphatic carbocycles. The normalized spacial score (nSPS) is 12.5. The van der Waals surface area contributed by atoms with Crippen LogP contribution in [0, 0.1) is 0 Å². The van der Waals surface area contributed by atoms with Gasteiger partial charge in [-0.2, -0.15) is 0 Å². The van der Waals surface area contributed by atoms with Gasteiger partial charge in [-0.05, 0) is 21.9 Å². The summed E-state index contributed by atoms with van der Waals surface area (Å²) < 4.78 is 0. The molecule has 0 radical (unpaired) electrons. The van der Waals surface area contributed by atoms with Crippen molar-refractivity contribution in [2.45, 2.75) is 12.8 Å². The van der Waals surface area contributed by atoms with E-state index in [1.54, 1.807) is 0 Å². The average molecular weight is 232 g/mol. The van der Waals surface area contributed by atoms with Crippen molar-refractivity contribution in [2.24, 2.45) is 0 Å². The largest absolute Gasteiger partial charge is 0.0622 e. The van der Waals surface area contributed by atoms with Crippen LogP contribution in [0.4, 0.5) is 0 Å². The van der Waals surface area contributed by atoms with Gasteiger partial charge in [-0.3, -0.25) is 0 Å². The predicted octanol–water partition coefficient (Wildman–Crippen LogP) is 4.99. The Bertz CT molecular complexity index is 648. The summed E-state index contributed by atoms with van der Waals surface area (Å²) in [6.45, 7) is 2.27. The van der Waals surface area contributed by atoms with Crippen LogP contribution in [-0.4, -0.2) is 0 Å². The van der Waals surface area contributed by atoms with Gasteiger partial charge in [-0.15, -0.1) is 0 Å². The van der Waals surface area contributed by atoms with E-state index in [0.717, 1.165) is 0 Å². The van der Waals surface area contributed by atoms with Crippen LogP contribution in [0.25, 0.3) is 10.8 Å². The first kappa shape index (κ1) is 11.0. The fourth-order valence-corrected chi connectivity index (χ4v) is 2.55. The molecule has 0 nitrogen and oxygen atoms in total. The minimum absolute atomic E-state index is 0.428. The summed E-state index contributed by atoms with van der Waals surface area (Å²) in [5, 5.41) is 2.68. The molecule has 0 fully saturated rings. The molecule has 0 N–H and O–H groups in total.